The molecule has 154 valence electrons. The summed E-state index contributed by atoms with van der Waals surface area (Å²) in [5.41, 5.74) is 4.26. The first-order valence-corrected chi connectivity index (χ1v) is 11.4. The van der Waals surface area contributed by atoms with E-state index < -0.39 is 7.60 Å². The molecule has 0 radical (unpaired) electrons. The highest BCUT2D eigenvalue weighted by atomic mass is 31.2. The van der Waals surface area contributed by atoms with E-state index in [-0.39, 0.29) is 25.0 Å². The van der Waals surface area contributed by atoms with E-state index in [4.69, 9.17) is 14.5 Å². The molecule has 0 saturated heterocycles. The Morgan fingerprint density at radius 3 is 2.52 bits per heavy atom. The van der Waals surface area contributed by atoms with Crippen LogP contribution >= 0.6 is 7.60 Å². The number of fused-ring (bicyclic) bond motifs is 1. The second-order valence-electron chi connectivity index (χ2n) is 7.28. The summed E-state index contributed by atoms with van der Waals surface area (Å²) in [6.07, 6.45) is 0.430. The molecule has 1 heterocycles. The molecule has 3 aromatic rings. The minimum Gasteiger partial charge on any atom is -0.494 e. The molecule has 0 bridgehead atoms. The second kappa shape index (κ2) is 8.95. The van der Waals surface area contributed by atoms with Crippen molar-refractivity contribution < 1.29 is 23.9 Å². The van der Waals surface area contributed by atoms with Crippen molar-refractivity contribution in [1.82, 2.24) is 4.57 Å². The molecule has 2 N–H and O–H groups in total. The number of Topliss-reactive ketones (excluding diaryl/α,β-unsaturated/α-hetero) is 1. The number of carbonyl (C=O) groups is 1. The van der Waals surface area contributed by atoms with Gasteiger partial charge in [0.1, 0.15) is 11.5 Å². The Balaban J connectivity index is 1.91. The van der Waals surface area contributed by atoms with Crippen molar-refractivity contribution in [2.24, 2.45) is 0 Å². The van der Waals surface area contributed by atoms with E-state index in [0.29, 0.717) is 18.7 Å². The van der Waals surface area contributed by atoms with Crippen molar-refractivity contribution in [2.75, 3.05) is 12.8 Å². The Morgan fingerprint density at radius 2 is 1.86 bits per heavy atom. The normalized spacial score (nSPS) is 11.7. The predicted octanol–water partition coefficient (Wildman–Crippen LogP) is 4.08. The van der Waals surface area contributed by atoms with Gasteiger partial charge < -0.3 is 19.1 Å². The number of hydrogen-bond acceptors (Lipinski definition) is 3. The zero-order valence-electron chi connectivity index (χ0n) is 16.7. The summed E-state index contributed by atoms with van der Waals surface area (Å²) in [6.45, 7) is 4.55. The van der Waals surface area contributed by atoms with Gasteiger partial charge in [-0.2, -0.15) is 0 Å². The summed E-state index contributed by atoms with van der Waals surface area (Å²) in [5, 5.41) is 0.973. The number of benzene rings is 2. The minimum atomic E-state index is -4.01. The smallest absolute Gasteiger partial charge is 0.325 e. The number of ketones is 1. The topological polar surface area (TPSA) is 88.8 Å². The van der Waals surface area contributed by atoms with Crippen molar-refractivity contribution in [1.29, 1.82) is 0 Å². The molecule has 0 unspecified atom stereocenters. The van der Waals surface area contributed by atoms with Gasteiger partial charge in [0.2, 0.25) is 0 Å². The molecule has 7 heteroatoms. The molecule has 0 fully saturated rings. The summed E-state index contributed by atoms with van der Waals surface area (Å²) < 4.78 is 18.9. The van der Waals surface area contributed by atoms with Gasteiger partial charge in [-0.15, -0.1) is 0 Å². The van der Waals surface area contributed by atoms with Gasteiger partial charge in [-0.3, -0.25) is 9.36 Å². The molecule has 29 heavy (non-hydrogen) atoms. The Labute approximate surface area is 170 Å². The molecule has 0 saturated carbocycles. The van der Waals surface area contributed by atoms with Crippen molar-refractivity contribution >= 4 is 24.3 Å². The maximum atomic E-state index is 11.9. The Bertz CT molecular complexity index is 1050. The molecule has 2 aromatic carbocycles. The van der Waals surface area contributed by atoms with Crippen LogP contribution in [0.5, 0.6) is 5.75 Å². The van der Waals surface area contributed by atoms with Crippen LogP contribution in [0.4, 0.5) is 0 Å². The molecular formula is C22H26NO5P. The van der Waals surface area contributed by atoms with Gasteiger partial charge in [0.25, 0.3) is 0 Å². The van der Waals surface area contributed by atoms with Gasteiger partial charge in [0, 0.05) is 29.6 Å². The molecule has 0 atom stereocenters. The monoisotopic (exact) mass is 415 g/mol. The SMILES string of the molecule is CC(=O)Cc1c(C)n(Cc2ccccc2)c2ccc(OCCCP(=O)(O)O)cc12. The number of aromatic nitrogens is 1. The lowest BCUT2D eigenvalue weighted by Crippen LogP contribution is -2.03. The van der Waals surface area contributed by atoms with Gasteiger partial charge in [0.15, 0.2) is 0 Å². The molecule has 0 aliphatic rings. The second-order valence-corrected chi connectivity index (χ2v) is 9.06. The van der Waals surface area contributed by atoms with E-state index in [1.54, 1.807) is 6.92 Å². The molecule has 0 amide bonds. The van der Waals surface area contributed by atoms with E-state index in [1.165, 1.54) is 5.56 Å². The van der Waals surface area contributed by atoms with Crippen molar-refractivity contribution in [2.45, 2.75) is 33.2 Å². The fourth-order valence-corrected chi connectivity index (χ4v) is 4.06. The highest BCUT2D eigenvalue weighted by molar-refractivity contribution is 7.51. The number of ether oxygens (including phenoxy) is 1. The van der Waals surface area contributed by atoms with E-state index >= 15 is 0 Å². The largest absolute Gasteiger partial charge is 0.494 e. The molecular weight excluding hydrogens is 389 g/mol. The summed E-state index contributed by atoms with van der Waals surface area (Å²) in [6, 6.07) is 15.9. The van der Waals surface area contributed by atoms with Crippen molar-refractivity contribution in [3.05, 3.63) is 65.4 Å². The fraction of sp³-hybridized carbons (Fsp3) is 0.318. The molecule has 0 spiro atoms. The van der Waals surface area contributed by atoms with Gasteiger partial charge in [-0.05, 0) is 49.6 Å². The van der Waals surface area contributed by atoms with Crippen LogP contribution in [0.2, 0.25) is 0 Å². The highest BCUT2D eigenvalue weighted by Gasteiger charge is 2.17. The number of carbonyl (C=O) groups excluding carboxylic acids is 1. The average Bonchev–Trinajstić information content (AvgIpc) is 2.90. The first-order valence-electron chi connectivity index (χ1n) is 9.57. The van der Waals surface area contributed by atoms with Gasteiger partial charge in [-0.25, -0.2) is 0 Å². The van der Waals surface area contributed by atoms with Crippen molar-refractivity contribution in [3.8, 4) is 5.75 Å². The Kier molecular flexibility index (Phi) is 6.58. The third kappa shape index (κ3) is 5.57. The Morgan fingerprint density at radius 1 is 1.14 bits per heavy atom. The zero-order valence-corrected chi connectivity index (χ0v) is 17.6. The van der Waals surface area contributed by atoms with Crippen LogP contribution < -0.4 is 4.74 Å². The van der Waals surface area contributed by atoms with E-state index in [2.05, 4.69) is 16.7 Å². The standard InChI is InChI=1S/C22H26NO5P/c1-16(24)13-20-17(2)23(15-18-7-4-3-5-8-18)22-10-9-19(14-21(20)22)28-11-6-12-29(25,26)27/h3-5,7-10,14H,6,11-13,15H2,1-2H3,(H2,25,26,27). The van der Waals surface area contributed by atoms with Crippen LogP contribution in [-0.2, 0) is 22.3 Å². The third-order valence-corrected chi connectivity index (χ3v) is 5.80. The molecule has 1 aromatic heterocycles. The first kappa shape index (κ1) is 21.3. The van der Waals surface area contributed by atoms with Gasteiger partial charge in [-0.1, -0.05) is 30.3 Å². The minimum absolute atomic E-state index is 0.0971. The van der Waals surface area contributed by atoms with Gasteiger partial charge in [0.05, 0.1) is 12.8 Å². The van der Waals surface area contributed by atoms with Crippen LogP contribution in [0.1, 0.15) is 30.2 Å². The maximum Gasteiger partial charge on any atom is 0.325 e. The summed E-state index contributed by atoms with van der Waals surface area (Å²) in [4.78, 5) is 29.8. The van der Waals surface area contributed by atoms with Crippen LogP contribution in [0, 0.1) is 6.92 Å². The summed E-state index contributed by atoms with van der Waals surface area (Å²) >= 11 is 0. The predicted molar refractivity (Wildman–Crippen MR) is 114 cm³/mol. The maximum absolute atomic E-state index is 11.9. The zero-order chi connectivity index (χ0) is 21.0. The van der Waals surface area contributed by atoms with Crippen LogP contribution in [-0.4, -0.2) is 32.9 Å². The van der Waals surface area contributed by atoms with E-state index in [0.717, 1.165) is 22.2 Å². The molecule has 0 aliphatic carbocycles. The first-order chi connectivity index (χ1) is 13.7. The number of hydrogen-bond donors (Lipinski definition) is 2. The summed E-state index contributed by atoms with van der Waals surface area (Å²) in [7, 11) is -4.01. The highest BCUT2D eigenvalue weighted by Crippen LogP contribution is 2.35. The lowest BCUT2D eigenvalue weighted by atomic mass is 10.1. The van der Waals surface area contributed by atoms with E-state index in [1.807, 2.05) is 43.3 Å². The fourth-order valence-electron chi connectivity index (χ4n) is 3.52. The van der Waals surface area contributed by atoms with E-state index in [9.17, 15) is 9.36 Å². The molecule has 3 rings (SSSR count). The number of nitrogens with zero attached hydrogens (tertiary/aromatic N) is 1. The van der Waals surface area contributed by atoms with Crippen LogP contribution in [0.25, 0.3) is 10.9 Å². The lowest BCUT2D eigenvalue weighted by Gasteiger charge is -2.10. The van der Waals surface area contributed by atoms with Crippen LogP contribution in [0.15, 0.2) is 48.5 Å². The van der Waals surface area contributed by atoms with Crippen LogP contribution in [0.3, 0.4) is 0 Å². The van der Waals surface area contributed by atoms with Gasteiger partial charge >= 0.3 is 7.60 Å². The lowest BCUT2D eigenvalue weighted by molar-refractivity contribution is -0.116. The Hall–Kier alpha value is -2.40. The third-order valence-electron chi connectivity index (χ3n) is 4.90. The van der Waals surface area contributed by atoms with Crippen molar-refractivity contribution in [3.63, 3.8) is 0 Å². The quantitative estimate of drug-likeness (QED) is 0.406. The summed E-state index contributed by atoms with van der Waals surface area (Å²) in [5.74, 6) is 0.727. The number of rotatable bonds is 9. The average molecular weight is 415 g/mol. The molecule has 6 nitrogen and oxygen atoms in total. The molecule has 0 aliphatic heterocycles.